The number of amides is 1. The van der Waals surface area contributed by atoms with Crippen molar-refractivity contribution in [2.45, 2.75) is 39.8 Å². The summed E-state index contributed by atoms with van der Waals surface area (Å²) >= 11 is 12.9. The molecule has 1 aliphatic heterocycles. The molecule has 2 heterocycles. The van der Waals surface area contributed by atoms with Crippen LogP contribution in [0, 0.1) is 12.8 Å². The van der Waals surface area contributed by atoms with Crippen LogP contribution in [0.25, 0.3) is 11.3 Å². The van der Waals surface area contributed by atoms with Gasteiger partial charge in [-0.3, -0.25) is 9.89 Å². The van der Waals surface area contributed by atoms with Gasteiger partial charge in [-0.1, -0.05) is 61.3 Å². The van der Waals surface area contributed by atoms with E-state index in [0.29, 0.717) is 56.6 Å². The van der Waals surface area contributed by atoms with Crippen LogP contribution in [-0.2, 0) is 6.54 Å². The Hall–Kier alpha value is -3.68. The number of carbonyl (C=O) groups excluding carboxylic acids is 1. The molecule has 0 aliphatic carbocycles. The lowest BCUT2D eigenvalue weighted by Gasteiger charge is -2.27. The molecule has 1 aliphatic rings. The second kappa shape index (κ2) is 11.4. The Labute approximate surface area is 243 Å². The maximum Gasteiger partial charge on any atom is 0.273 e. The van der Waals surface area contributed by atoms with E-state index >= 15 is 0 Å². The van der Waals surface area contributed by atoms with Crippen molar-refractivity contribution in [2.24, 2.45) is 5.92 Å². The van der Waals surface area contributed by atoms with Gasteiger partial charge in [0.1, 0.15) is 17.1 Å². The summed E-state index contributed by atoms with van der Waals surface area (Å²) in [6, 6.07) is 15.8. The fourth-order valence-corrected chi connectivity index (χ4v) is 5.31. The van der Waals surface area contributed by atoms with Crippen molar-refractivity contribution in [2.75, 3.05) is 13.7 Å². The van der Waals surface area contributed by atoms with E-state index in [2.05, 4.69) is 24.0 Å². The summed E-state index contributed by atoms with van der Waals surface area (Å²) < 4.78 is 11.7. The number of aromatic amines is 1. The van der Waals surface area contributed by atoms with Crippen molar-refractivity contribution in [1.29, 1.82) is 0 Å². The largest absolute Gasteiger partial charge is 0.507 e. The summed E-state index contributed by atoms with van der Waals surface area (Å²) in [5.41, 5.74) is 4.22. The molecule has 3 aromatic carbocycles. The fourth-order valence-electron chi connectivity index (χ4n) is 4.96. The molecule has 9 heteroatoms. The van der Waals surface area contributed by atoms with E-state index in [9.17, 15) is 9.90 Å². The molecule has 2 N–H and O–H groups in total. The number of fused-ring (bicyclic) bond motifs is 1. The molecule has 208 valence electrons. The van der Waals surface area contributed by atoms with Crippen molar-refractivity contribution in [1.82, 2.24) is 15.1 Å². The van der Waals surface area contributed by atoms with Crippen LogP contribution in [0.1, 0.15) is 59.1 Å². The standard InChI is InChI=1S/C31H31Cl2N3O4/c1-17(2)11-12-40-25-10-9-19(14-26(25)39-4)30-27-28(21-15-23(33)18(3)13-24(21)37)34-35-29(27)31(38)36(30)16-20-7-5-6-8-22(20)32/h5-10,13-15,17,30,37H,11-12,16H2,1-4H3,(H,34,35). The lowest BCUT2D eigenvalue weighted by Crippen LogP contribution is -2.29. The molecular weight excluding hydrogens is 549 g/mol. The highest BCUT2D eigenvalue weighted by Gasteiger charge is 2.43. The Balaban J connectivity index is 1.63. The van der Waals surface area contributed by atoms with E-state index in [4.69, 9.17) is 32.7 Å². The van der Waals surface area contributed by atoms with Gasteiger partial charge in [0.05, 0.1) is 19.8 Å². The lowest BCUT2D eigenvalue weighted by atomic mass is 9.94. The van der Waals surface area contributed by atoms with Crippen LogP contribution in [-0.4, -0.2) is 39.8 Å². The number of ether oxygens (including phenoxy) is 2. The first kappa shape index (κ1) is 27.9. The molecule has 0 bridgehead atoms. The summed E-state index contributed by atoms with van der Waals surface area (Å²) in [4.78, 5) is 15.6. The Kier molecular flexibility index (Phi) is 7.97. The molecule has 0 radical (unpaired) electrons. The van der Waals surface area contributed by atoms with Crippen molar-refractivity contribution in [3.05, 3.63) is 92.6 Å². The topological polar surface area (TPSA) is 87.7 Å². The van der Waals surface area contributed by atoms with Gasteiger partial charge in [-0.2, -0.15) is 5.10 Å². The number of phenols is 1. The Morgan fingerprint density at radius 3 is 2.58 bits per heavy atom. The van der Waals surface area contributed by atoms with E-state index in [0.717, 1.165) is 23.1 Å². The summed E-state index contributed by atoms with van der Waals surface area (Å²) in [5, 5.41) is 19.3. The predicted molar refractivity (Wildman–Crippen MR) is 157 cm³/mol. The normalized spacial score (nSPS) is 14.6. The molecule has 40 heavy (non-hydrogen) atoms. The number of rotatable bonds is 9. The van der Waals surface area contributed by atoms with Crippen molar-refractivity contribution in [3.8, 4) is 28.5 Å². The van der Waals surface area contributed by atoms with Crippen molar-refractivity contribution >= 4 is 29.1 Å². The zero-order valence-corrected chi connectivity index (χ0v) is 24.3. The lowest BCUT2D eigenvalue weighted by molar-refractivity contribution is 0.0730. The number of nitrogens with zero attached hydrogens (tertiary/aromatic N) is 2. The summed E-state index contributed by atoms with van der Waals surface area (Å²) in [7, 11) is 1.59. The number of aromatic hydroxyl groups is 1. The summed E-state index contributed by atoms with van der Waals surface area (Å²) in [5.74, 6) is 1.50. The van der Waals surface area contributed by atoms with Gasteiger partial charge in [-0.05, 0) is 66.3 Å². The van der Waals surface area contributed by atoms with Crippen LogP contribution in [0.4, 0.5) is 0 Å². The third-order valence-electron chi connectivity index (χ3n) is 7.15. The number of methoxy groups -OCH3 is 1. The minimum absolute atomic E-state index is 0.0263. The van der Waals surface area contributed by atoms with Crippen LogP contribution in [0.3, 0.4) is 0 Å². The average molecular weight is 581 g/mol. The maximum atomic E-state index is 13.8. The van der Waals surface area contributed by atoms with Crippen LogP contribution in [0.15, 0.2) is 54.6 Å². The molecule has 1 aromatic heterocycles. The number of aromatic nitrogens is 2. The van der Waals surface area contributed by atoms with Crippen LogP contribution in [0.2, 0.25) is 10.0 Å². The third-order valence-corrected chi connectivity index (χ3v) is 7.93. The number of aryl methyl sites for hydroxylation is 1. The summed E-state index contributed by atoms with van der Waals surface area (Å²) in [6.45, 7) is 6.94. The second-order valence-corrected chi connectivity index (χ2v) is 11.2. The quantitative estimate of drug-likeness (QED) is 0.213. The number of phenolic OH excluding ortho intramolecular Hbond substituents is 1. The minimum atomic E-state index is -0.550. The van der Waals surface area contributed by atoms with E-state index in [1.54, 1.807) is 30.2 Å². The van der Waals surface area contributed by atoms with Gasteiger partial charge < -0.3 is 19.5 Å². The zero-order valence-electron chi connectivity index (χ0n) is 22.8. The fraction of sp³-hybridized carbons (Fsp3) is 0.290. The molecule has 1 amide bonds. The molecule has 7 nitrogen and oxygen atoms in total. The highest BCUT2D eigenvalue weighted by Crippen LogP contribution is 2.47. The van der Waals surface area contributed by atoms with Gasteiger partial charge in [0, 0.05) is 27.7 Å². The van der Waals surface area contributed by atoms with E-state index in [-0.39, 0.29) is 18.2 Å². The number of halogens is 2. The summed E-state index contributed by atoms with van der Waals surface area (Å²) in [6.07, 6.45) is 0.915. The monoisotopic (exact) mass is 579 g/mol. The number of hydrogen-bond donors (Lipinski definition) is 2. The molecule has 5 rings (SSSR count). The molecule has 0 saturated carbocycles. The van der Waals surface area contributed by atoms with E-state index < -0.39 is 6.04 Å². The van der Waals surface area contributed by atoms with Gasteiger partial charge in [0.2, 0.25) is 0 Å². The number of benzene rings is 3. The van der Waals surface area contributed by atoms with Crippen molar-refractivity contribution < 1.29 is 19.4 Å². The molecule has 0 spiro atoms. The highest BCUT2D eigenvalue weighted by atomic mass is 35.5. The minimum Gasteiger partial charge on any atom is -0.507 e. The zero-order chi connectivity index (χ0) is 28.6. The van der Waals surface area contributed by atoms with Crippen molar-refractivity contribution in [3.63, 3.8) is 0 Å². The Morgan fingerprint density at radius 2 is 1.85 bits per heavy atom. The van der Waals surface area contributed by atoms with Crippen LogP contribution < -0.4 is 9.47 Å². The maximum absolute atomic E-state index is 13.8. The van der Waals surface area contributed by atoms with E-state index in [1.165, 1.54) is 0 Å². The number of hydrogen-bond acceptors (Lipinski definition) is 5. The molecule has 1 atom stereocenters. The Bertz CT molecular complexity index is 1570. The molecule has 0 fully saturated rings. The first-order valence-electron chi connectivity index (χ1n) is 13.1. The van der Waals surface area contributed by atoms with Gasteiger partial charge in [0.25, 0.3) is 5.91 Å². The molecule has 1 unspecified atom stereocenters. The van der Waals surface area contributed by atoms with E-state index in [1.807, 2.05) is 43.3 Å². The van der Waals surface area contributed by atoms with Gasteiger partial charge >= 0.3 is 0 Å². The van der Waals surface area contributed by atoms with Gasteiger partial charge in [0.15, 0.2) is 11.5 Å². The first-order valence-corrected chi connectivity index (χ1v) is 13.9. The third kappa shape index (κ3) is 5.23. The number of nitrogens with one attached hydrogen (secondary N) is 1. The first-order chi connectivity index (χ1) is 19.2. The smallest absolute Gasteiger partial charge is 0.273 e. The molecule has 4 aromatic rings. The number of carbonyl (C=O) groups is 1. The van der Waals surface area contributed by atoms with Crippen LogP contribution in [0.5, 0.6) is 17.2 Å². The number of H-pyrrole nitrogens is 1. The van der Waals surface area contributed by atoms with Crippen LogP contribution >= 0.6 is 23.2 Å². The van der Waals surface area contributed by atoms with Gasteiger partial charge in [-0.15, -0.1) is 0 Å². The Morgan fingerprint density at radius 1 is 1.07 bits per heavy atom. The second-order valence-electron chi connectivity index (χ2n) is 10.3. The average Bonchev–Trinajstić information content (AvgIpc) is 3.46. The molecular formula is C31H31Cl2N3O4. The predicted octanol–water partition coefficient (Wildman–Crippen LogP) is 7.58. The molecule has 0 saturated heterocycles. The SMILES string of the molecule is COc1cc(C2c3c(-c4cc(Cl)c(C)cc4O)n[nH]c3C(=O)N2Cc2ccccc2Cl)ccc1OCCC(C)C. The highest BCUT2D eigenvalue weighted by molar-refractivity contribution is 6.32. The van der Waals surface area contributed by atoms with Gasteiger partial charge in [-0.25, -0.2) is 0 Å².